The van der Waals surface area contributed by atoms with Crippen molar-refractivity contribution in [2.75, 3.05) is 31.0 Å². The van der Waals surface area contributed by atoms with Crippen molar-refractivity contribution < 1.29 is 14.3 Å². The number of nitrogens with zero attached hydrogens (tertiary/aromatic N) is 2. The molecule has 5 N–H and O–H groups in total. The molecule has 0 spiro atoms. The summed E-state index contributed by atoms with van der Waals surface area (Å²) in [7, 11) is 1.62. The summed E-state index contributed by atoms with van der Waals surface area (Å²) in [6, 6.07) is 18.1. The first-order valence-corrected chi connectivity index (χ1v) is 10.6. The number of fused-ring (bicyclic) bond motifs is 1. The number of carbonyl (C=O) groups excluding carboxylic acids is 1. The largest absolute Gasteiger partial charge is 0.489 e. The summed E-state index contributed by atoms with van der Waals surface area (Å²) >= 11 is 3.43. The van der Waals surface area contributed by atoms with Crippen LogP contribution in [0.3, 0.4) is 0 Å². The van der Waals surface area contributed by atoms with Gasteiger partial charge in [-0.15, -0.1) is 0 Å². The molecule has 0 saturated carbocycles. The Morgan fingerprint density at radius 2 is 1.88 bits per heavy atom. The van der Waals surface area contributed by atoms with Gasteiger partial charge in [-0.3, -0.25) is 10.00 Å². The quantitative estimate of drug-likeness (QED) is 0.317. The fraction of sp³-hybridized carbons (Fsp3) is 0.130. The minimum Gasteiger partial charge on any atom is -0.489 e. The number of amides is 2. The topological polar surface area (TPSA) is 119 Å². The number of aromatic nitrogens is 2. The molecular formula is C23H22BrN5O3. The Bertz CT molecular complexity index is 1260. The van der Waals surface area contributed by atoms with Crippen LogP contribution in [0.1, 0.15) is 0 Å². The number of nitrogens with one attached hydrogen (secondary N) is 1. The lowest BCUT2D eigenvalue weighted by Gasteiger charge is -2.21. The standard InChI is InChI=1S/C23H22BrN5O3/c1-31-11-12-32-19-10-9-18(20-21(19)27-28-22(20)25)14-5-7-16(8-6-14)29(23(26)30)17-4-2-3-15(24)13-17/h2-10,13H,11-12H2,1H3,(H2,26,30)(H3,25,27,28). The summed E-state index contributed by atoms with van der Waals surface area (Å²) in [5, 5.41) is 7.88. The lowest BCUT2D eigenvalue weighted by Crippen LogP contribution is -2.31. The molecule has 0 saturated heterocycles. The normalized spacial score (nSPS) is 10.9. The van der Waals surface area contributed by atoms with Crippen molar-refractivity contribution in [2.45, 2.75) is 0 Å². The number of carbonyl (C=O) groups is 1. The molecule has 4 aromatic rings. The number of primary amides is 1. The van der Waals surface area contributed by atoms with Crippen LogP contribution < -0.4 is 21.1 Å². The van der Waals surface area contributed by atoms with E-state index in [9.17, 15) is 4.79 Å². The number of aromatic amines is 1. The Morgan fingerprint density at radius 3 is 2.56 bits per heavy atom. The van der Waals surface area contributed by atoms with Crippen LogP contribution in [0.4, 0.5) is 22.0 Å². The van der Waals surface area contributed by atoms with Gasteiger partial charge in [0.15, 0.2) is 5.82 Å². The Balaban J connectivity index is 1.70. The molecule has 1 aromatic heterocycles. The van der Waals surface area contributed by atoms with Gasteiger partial charge in [0.1, 0.15) is 17.9 Å². The minimum atomic E-state index is -0.574. The molecule has 2 amide bonds. The van der Waals surface area contributed by atoms with Gasteiger partial charge in [0, 0.05) is 11.6 Å². The number of benzene rings is 3. The summed E-state index contributed by atoms with van der Waals surface area (Å²) in [5.41, 5.74) is 15.7. The van der Waals surface area contributed by atoms with Crippen LogP contribution in [0.5, 0.6) is 5.75 Å². The van der Waals surface area contributed by atoms with Crippen molar-refractivity contribution in [3.05, 3.63) is 65.1 Å². The van der Waals surface area contributed by atoms with E-state index in [-0.39, 0.29) is 0 Å². The molecule has 0 fully saturated rings. The highest BCUT2D eigenvalue weighted by atomic mass is 79.9. The number of nitrogens with two attached hydrogens (primary N) is 2. The maximum Gasteiger partial charge on any atom is 0.323 e. The first kappa shape index (κ1) is 21.7. The molecule has 4 rings (SSSR count). The molecule has 0 radical (unpaired) electrons. The van der Waals surface area contributed by atoms with Crippen molar-refractivity contribution in [2.24, 2.45) is 5.73 Å². The van der Waals surface area contributed by atoms with Crippen molar-refractivity contribution in [3.63, 3.8) is 0 Å². The summed E-state index contributed by atoms with van der Waals surface area (Å²) in [5.74, 6) is 1.03. The zero-order chi connectivity index (χ0) is 22.7. The first-order valence-electron chi connectivity index (χ1n) is 9.83. The van der Waals surface area contributed by atoms with E-state index >= 15 is 0 Å². The molecule has 0 aliphatic rings. The molecule has 9 heteroatoms. The summed E-state index contributed by atoms with van der Waals surface area (Å²) in [6.07, 6.45) is 0. The fourth-order valence-electron chi connectivity index (χ4n) is 3.54. The molecular weight excluding hydrogens is 474 g/mol. The van der Waals surface area contributed by atoms with Crippen LogP contribution in [0.25, 0.3) is 22.0 Å². The van der Waals surface area contributed by atoms with Crippen LogP contribution in [0, 0.1) is 0 Å². The van der Waals surface area contributed by atoms with Crippen molar-refractivity contribution in [1.29, 1.82) is 0 Å². The highest BCUT2D eigenvalue weighted by Gasteiger charge is 2.17. The average molecular weight is 496 g/mol. The van der Waals surface area contributed by atoms with Crippen LogP contribution >= 0.6 is 15.9 Å². The van der Waals surface area contributed by atoms with Crippen LogP contribution in [0.15, 0.2) is 65.1 Å². The molecule has 8 nitrogen and oxygen atoms in total. The molecule has 0 atom stereocenters. The third-order valence-corrected chi connectivity index (χ3v) is 5.47. The van der Waals surface area contributed by atoms with Crippen molar-refractivity contribution >= 4 is 50.1 Å². The molecule has 0 unspecified atom stereocenters. The zero-order valence-corrected chi connectivity index (χ0v) is 18.9. The van der Waals surface area contributed by atoms with Crippen molar-refractivity contribution in [3.8, 4) is 16.9 Å². The van der Waals surface area contributed by atoms with Crippen LogP contribution in [-0.2, 0) is 4.74 Å². The molecule has 32 heavy (non-hydrogen) atoms. The molecule has 164 valence electrons. The maximum absolute atomic E-state index is 12.2. The Kier molecular flexibility index (Phi) is 6.29. The third kappa shape index (κ3) is 4.25. The van der Waals surface area contributed by atoms with E-state index in [0.717, 1.165) is 21.0 Å². The Morgan fingerprint density at radius 1 is 1.09 bits per heavy atom. The summed E-state index contributed by atoms with van der Waals surface area (Å²) in [6.45, 7) is 0.889. The van der Waals surface area contributed by atoms with Crippen molar-refractivity contribution in [1.82, 2.24) is 10.2 Å². The van der Waals surface area contributed by atoms with E-state index in [1.165, 1.54) is 4.90 Å². The van der Waals surface area contributed by atoms with Gasteiger partial charge in [-0.25, -0.2) is 4.79 Å². The van der Waals surface area contributed by atoms with E-state index < -0.39 is 6.03 Å². The number of nitrogen functional groups attached to an aromatic ring is 1. The monoisotopic (exact) mass is 495 g/mol. The number of urea groups is 1. The van der Waals surface area contributed by atoms with E-state index in [4.69, 9.17) is 20.9 Å². The number of methoxy groups -OCH3 is 1. The van der Waals surface area contributed by atoms with E-state index in [1.54, 1.807) is 7.11 Å². The van der Waals surface area contributed by atoms with Gasteiger partial charge in [-0.1, -0.05) is 34.1 Å². The summed E-state index contributed by atoms with van der Waals surface area (Å²) < 4.78 is 11.7. The van der Waals surface area contributed by atoms with Gasteiger partial charge in [-0.2, -0.15) is 5.10 Å². The molecule has 3 aromatic carbocycles. The molecule has 0 bridgehead atoms. The Hall–Kier alpha value is -3.56. The van der Waals surface area contributed by atoms with Gasteiger partial charge in [0.2, 0.25) is 0 Å². The SMILES string of the molecule is COCCOc1ccc(-c2ccc(N(C(N)=O)c3cccc(Br)c3)cc2)c2c(N)n[nH]c12. The first-order chi connectivity index (χ1) is 15.5. The second kappa shape index (κ2) is 9.29. The van der Waals surface area contributed by atoms with Gasteiger partial charge >= 0.3 is 6.03 Å². The van der Waals surface area contributed by atoms with Crippen LogP contribution in [0.2, 0.25) is 0 Å². The fourth-order valence-corrected chi connectivity index (χ4v) is 3.92. The maximum atomic E-state index is 12.2. The van der Waals surface area contributed by atoms with Gasteiger partial charge in [0.25, 0.3) is 0 Å². The van der Waals surface area contributed by atoms with E-state index in [0.29, 0.717) is 41.7 Å². The van der Waals surface area contributed by atoms with Gasteiger partial charge in [0.05, 0.1) is 23.4 Å². The highest BCUT2D eigenvalue weighted by Crippen LogP contribution is 2.37. The number of hydrogen-bond acceptors (Lipinski definition) is 5. The second-order valence-electron chi connectivity index (χ2n) is 7.01. The number of anilines is 3. The van der Waals surface area contributed by atoms with Gasteiger partial charge < -0.3 is 20.9 Å². The van der Waals surface area contributed by atoms with E-state index in [2.05, 4.69) is 26.1 Å². The number of hydrogen-bond donors (Lipinski definition) is 3. The molecule has 0 aliphatic carbocycles. The predicted octanol–water partition coefficient (Wildman–Crippen LogP) is 4.82. The number of rotatable bonds is 7. The third-order valence-electron chi connectivity index (χ3n) is 4.98. The zero-order valence-electron chi connectivity index (χ0n) is 17.3. The summed E-state index contributed by atoms with van der Waals surface area (Å²) in [4.78, 5) is 13.6. The number of H-pyrrole nitrogens is 1. The average Bonchev–Trinajstić information content (AvgIpc) is 3.17. The lowest BCUT2D eigenvalue weighted by atomic mass is 10.0. The van der Waals surface area contributed by atoms with Gasteiger partial charge in [-0.05, 0) is 53.6 Å². The Labute approximate surface area is 193 Å². The minimum absolute atomic E-state index is 0.379. The van der Waals surface area contributed by atoms with Crippen LogP contribution in [-0.4, -0.2) is 36.6 Å². The molecule has 1 heterocycles. The number of halogens is 1. The number of ether oxygens (including phenoxy) is 2. The predicted molar refractivity (Wildman–Crippen MR) is 129 cm³/mol. The molecule has 0 aliphatic heterocycles. The lowest BCUT2D eigenvalue weighted by molar-refractivity contribution is 0.147. The highest BCUT2D eigenvalue weighted by molar-refractivity contribution is 9.10. The second-order valence-corrected chi connectivity index (χ2v) is 7.93. The van der Waals surface area contributed by atoms with E-state index in [1.807, 2.05) is 60.7 Å². The smallest absolute Gasteiger partial charge is 0.323 e.